The topological polar surface area (TPSA) is 71.3 Å². The Labute approximate surface area is 156 Å². The standard InChI is InChI=1S/C18H27F3N4O2/c1-13-22-16(24-27-13)17(8-4-2-3-5-9-17)23-15(26)14-6-10-25(11-7-14)12-18(19,20)21/h14H,2-12H2,1H3,(H,23,26). The van der Waals surface area contributed by atoms with Crippen LogP contribution in [0.15, 0.2) is 4.52 Å². The summed E-state index contributed by atoms with van der Waals surface area (Å²) < 4.78 is 42.8. The number of aryl methyl sites for hydroxylation is 1. The van der Waals surface area contributed by atoms with Gasteiger partial charge in [0, 0.05) is 12.8 Å². The van der Waals surface area contributed by atoms with E-state index in [1.54, 1.807) is 6.92 Å². The van der Waals surface area contributed by atoms with Gasteiger partial charge in [-0.3, -0.25) is 9.69 Å². The van der Waals surface area contributed by atoms with Gasteiger partial charge >= 0.3 is 6.18 Å². The van der Waals surface area contributed by atoms with Gasteiger partial charge < -0.3 is 9.84 Å². The number of amides is 1. The smallest absolute Gasteiger partial charge is 0.343 e. The molecule has 2 heterocycles. The predicted molar refractivity (Wildman–Crippen MR) is 91.8 cm³/mol. The molecular formula is C18H27F3N4O2. The molecule has 1 aliphatic heterocycles. The van der Waals surface area contributed by atoms with Crippen molar-refractivity contribution in [2.75, 3.05) is 19.6 Å². The number of carbonyl (C=O) groups excluding carboxylic acids is 1. The molecule has 2 fully saturated rings. The van der Waals surface area contributed by atoms with Gasteiger partial charge in [-0.15, -0.1) is 0 Å². The summed E-state index contributed by atoms with van der Waals surface area (Å²) in [4.78, 5) is 18.7. The molecule has 0 aromatic carbocycles. The molecule has 6 nitrogen and oxygen atoms in total. The quantitative estimate of drug-likeness (QED) is 0.802. The van der Waals surface area contributed by atoms with Crippen LogP contribution in [0.5, 0.6) is 0 Å². The number of piperidine rings is 1. The SMILES string of the molecule is Cc1nc(C2(NC(=O)C3CCN(CC(F)(F)F)CC3)CCCCCC2)no1. The normalized spacial score (nSPS) is 22.4. The van der Waals surface area contributed by atoms with E-state index in [1.807, 2.05) is 0 Å². The number of nitrogens with zero attached hydrogens (tertiary/aromatic N) is 3. The lowest BCUT2D eigenvalue weighted by Crippen LogP contribution is -2.51. The van der Waals surface area contributed by atoms with Gasteiger partial charge in [-0.2, -0.15) is 18.2 Å². The molecule has 27 heavy (non-hydrogen) atoms. The van der Waals surface area contributed by atoms with Gasteiger partial charge in [-0.05, 0) is 38.8 Å². The average Bonchev–Trinajstić information content (AvgIpc) is 2.90. The average molecular weight is 388 g/mol. The zero-order valence-corrected chi connectivity index (χ0v) is 15.6. The van der Waals surface area contributed by atoms with E-state index in [4.69, 9.17) is 4.52 Å². The second-order valence-electron chi connectivity index (χ2n) is 7.79. The lowest BCUT2D eigenvalue weighted by Gasteiger charge is -2.35. The number of aromatic nitrogens is 2. The van der Waals surface area contributed by atoms with Crippen LogP contribution in [0.4, 0.5) is 13.2 Å². The van der Waals surface area contributed by atoms with Crippen molar-refractivity contribution in [1.82, 2.24) is 20.4 Å². The van der Waals surface area contributed by atoms with Crippen LogP contribution in [-0.4, -0.2) is 46.8 Å². The lowest BCUT2D eigenvalue weighted by molar-refractivity contribution is -0.149. The fourth-order valence-corrected chi connectivity index (χ4v) is 4.17. The summed E-state index contributed by atoms with van der Waals surface area (Å²) in [5, 5.41) is 7.24. The Bertz CT molecular complexity index is 631. The molecule has 1 aromatic rings. The Morgan fingerprint density at radius 2 is 1.85 bits per heavy atom. The van der Waals surface area contributed by atoms with Crippen LogP contribution in [-0.2, 0) is 10.3 Å². The minimum Gasteiger partial charge on any atom is -0.343 e. The Balaban J connectivity index is 1.65. The lowest BCUT2D eigenvalue weighted by atomic mass is 9.87. The zero-order valence-electron chi connectivity index (χ0n) is 15.6. The number of likely N-dealkylation sites (tertiary alicyclic amines) is 1. The maximum atomic E-state index is 12.9. The van der Waals surface area contributed by atoms with E-state index in [0.717, 1.165) is 38.5 Å². The van der Waals surface area contributed by atoms with Crippen molar-refractivity contribution in [2.45, 2.75) is 70.0 Å². The van der Waals surface area contributed by atoms with Crippen molar-refractivity contribution < 1.29 is 22.5 Å². The Morgan fingerprint density at radius 1 is 1.22 bits per heavy atom. The van der Waals surface area contributed by atoms with Crippen LogP contribution in [0.3, 0.4) is 0 Å². The Kier molecular flexibility index (Phi) is 6.08. The molecule has 1 saturated heterocycles. The van der Waals surface area contributed by atoms with Crippen molar-refractivity contribution in [1.29, 1.82) is 0 Å². The molecule has 3 rings (SSSR count). The molecule has 1 aliphatic carbocycles. The molecule has 1 amide bonds. The van der Waals surface area contributed by atoms with Crippen molar-refractivity contribution in [3.05, 3.63) is 11.7 Å². The molecule has 152 valence electrons. The van der Waals surface area contributed by atoms with E-state index in [-0.39, 0.29) is 24.9 Å². The highest BCUT2D eigenvalue weighted by Crippen LogP contribution is 2.35. The van der Waals surface area contributed by atoms with Crippen LogP contribution in [0, 0.1) is 12.8 Å². The fourth-order valence-electron chi connectivity index (χ4n) is 4.17. The molecule has 1 aromatic heterocycles. The molecule has 9 heteroatoms. The van der Waals surface area contributed by atoms with Gasteiger partial charge in [0.1, 0.15) is 5.54 Å². The summed E-state index contributed by atoms with van der Waals surface area (Å²) >= 11 is 0. The van der Waals surface area contributed by atoms with Gasteiger partial charge in [0.25, 0.3) is 0 Å². The number of hydrogen-bond acceptors (Lipinski definition) is 5. The monoisotopic (exact) mass is 388 g/mol. The molecule has 1 N–H and O–H groups in total. The van der Waals surface area contributed by atoms with Gasteiger partial charge in [-0.1, -0.05) is 30.8 Å². The summed E-state index contributed by atoms with van der Waals surface area (Å²) in [5.74, 6) is 0.599. The van der Waals surface area contributed by atoms with E-state index in [9.17, 15) is 18.0 Å². The van der Waals surface area contributed by atoms with E-state index in [2.05, 4.69) is 15.5 Å². The summed E-state index contributed by atoms with van der Waals surface area (Å²) in [6.45, 7) is 1.38. The highest BCUT2D eigenvalue weighted by atomic mass is 19.4. The van der Waals surface area contributed by atoms with Gasteiger partial charge in [0.2, 0.25) is 11.8 Å². The van der Waals surface area contributed by atoms with E-state index >= 15 is 0 Å². The molecule has 0 radical (unpaired) electrons. The maximum absolute atomic E-state index is 12.9. The van der Waals surface area contributed by atoms with E-state index in [0.29, 0.717) is 24.6 Å². The maximum Gasteiger partial charge on any atom is 0.401 e. The van der Waals surface area contributed by atoms with E-state index in [1.165, 1.54) is 4.90 Å². The summed E-state index contributed by atoms with van der Waals surface area (Å²) in [7, 11) is 0. The second kappa shape index (κ2) is 8.16. The zero-order chi connectivity index (χ0) is 19.5. The Morgan fingerprint density at radius 3 is 2.37 bits per heavy atom. The van der Waals surface area contributed by atoms with Crippen LogP contribution in [0.1, 0.15) is 63.1 Å². The van der Waals surface area contributed by atoms with Crippen LogP contribution in [0.2, 0.25) is 0 Å². The molecular weight excluding hydrogens is 361 g/mol. The molecule has 1 saturated carbocycles. The van der Waals surface area contributed by atoms with Crippen molar-refractivity contribution in [3.63, 3.8) is 0 Å². The molecule has 0 bridgehead atoms. The predicted octanol–water partition coefficient (Wildman–Crippen LogP) is 3.32. The van der Waals surface area contributed by atoms with Crippen molar-refractivity contribution >= 4 is 5.91 Å². The first kappa shape index (κ1) is 20.1. The highest BCUT2D eigenvalue weighted by Gasteiger charge is 2.41. The third-order valence-electron chi connectivity index (χ3n) is 5.64. The number of carbonyl (C=O) groups is 1. The fraction of sp³-hybridized carbons (Fsp3) is 0.833. The number of nitrogens with one attached hydrogen (secondary N) is 1. The number of halogens is 3. The highest BCUT2D eigenvalue weighted by molar-refractivity contribution is 5.79. The first-order chi connectivity index (χ1) is 12.8. The van der Waals surface area contributed by atoms with Gasteiger partial charge in [0.15, 0.2) is 5.82 Å². The number of alkyl halides is 3. The van der Waals surface area contributed by atoms with Crippen LogP contribution >= 0.6 is 0 Å². The first-order valence-corrected chi connectivity index (χ1v) is 9.69. The molecule has 0 unspecified atom stereocenters. The number of rotatable bonds is 4. The van der Waals surface area contributed by atoms with Crippen molar-refractivity contribution in [3.8, 4) is 0 Å². The summed E-state index contributed by atoms with van der Waals surface area (Å²) in [6.07, 6.45) is 2.32. The third-order valence-corrected chi connectivity index (χ3v) is 5.64. The van der Waals surface area contributed by atoms with Crippen LogP contribution < -0.4 is 5.32 Å². The largest absolute Gasteiger partial charge is 0.401 e. The summed E-state index contributed by atoms with van der Waals surface area (Å²) in [5.41, 5.74) is -0.631. The summed E-state index contributed by atoms with van der Waals surface area (Å²) in [6, 6.07) is 0. The van der Waals surface area contributed by atoms with Gasteiger partial charge in [-0.25, -0.2) is 0 Å². The van der Waals surface area contributed by atoms with E-state index < -0.39 is 18.3 Å². The third kappa shape index (κ3) is 5.21. The minimum absolute atomic E-state index is 0.106. The minimum atomic E-state index is -4.20. The second-order valence-corrected chi connectivity index (χ2v) is 7.79. The first-order valence-electron chi connectivity index (χ1n) is 9.69. The number of hydrogen-bond donors (Lipinski definition) is 1. The van der Waals surface area contributed by atoms with Crippen molar-refractivity contribution in [2.24, 2.45) is 5.92 Å². The molecule has 0 atom stereocenters. The Hall–Kier alpha value is -1.64. The van der Waals surface area contributed by atoms with Gasteiger partial charge in [0.05, 0.1) is 6.54 Å². The molecule has 2 aliphatic rings. The molecule has 0 spiro atoms. The van der Waals surface area contributed by atoms with Crippen LogP contribution in [0.25, 0.3) is 0 Å².